The molecular weight excluding hydrogens is 639 g/mol. The predicted octanol–water partition coefficient (Wildman–Crippen LogP) is 14.2. The van der Waals surface area contributed by atoms with Crippen LogP contribution < -0.4 is 4.90 Å². The van der Waals surface area contributed by atoms with E-state index in [1.165, 1.54) is 0 Å². The molecule has 0 aliphatic carbocycles. The fourth-order valence-corrected chi connectivity index (χ4v) is 7.82. The van der Waals surface area contributed by atoms with Crippen molar-refractivity contribution < 1.29 is 13.3 Å². The molecule has 244 valence electrons. The van der Waals surface area contributed by atoms with Gasteiger partial charge in [0.1, 0.15) is 33.5 Å². The van der Waals surface area contributed by atoms with Gasteiger partial charge in [-0.15, -0.1) is 0 Å². The van der Waals surface area contributed by atoms with Crippen molar-refractivity contribution in [2.24, 2.45) is 0 Å². The first-order valence-electron chi connectivity index (χ1n) is 17.5. The van der Waals surface area contributed by atoms with E-state index in [-0.39, 0.29) is 0 Å². The van der Waals surface area contributed by atoms with E-state index in [0.29, 0.717) is 0 Å². The third-order valence-corrected chi connectivity index (χ3v) is 10.3. The molecule has 4 heteroatoms. The third-order valence-electron chi connectivity index (χ3n) is 10.3. The first kappa shape index (κ1) is 28.8. The number of fused-ring (bicyclic) bond motifs is 9. The van der Waals surface area contributed by atoms with E-state index in [1.54, 1.807) is 0 Å². The molecule has 8 aromatic carbocycles. The van der Waals surface area contributed by atoms with Crippen LogP contribution >= 0.6 is 0 Å². The molecule has 4 nitrogen and oxygen atoms in total. The Morgan fingerprint density at radius 1 is 0.288 bits per heavy atom. The summed E-state index contributed by atoms with van der Waals surface area (Å²) >= 11 is 0. The van der Waals surface area contributed by atoms with Crippen molar-refractivity contribution in [1.82, 2.24) is 0 Å². The molecule has 0 aliphatic heterocycles. The van der Waals surface area contributed by atoms with Gasteiger partial charge in [0.15, 0.2) is 0 Å². The summed E-state index contributed by atoms with van der Waals surface area (Å²) in [4.78, 5) is 2.28. The normalized spacial score (nSPS) is 11.8. The van der Waals surface area contributed by atoms with Crippen molar-refractivity contribution in [1.29, 1.82) is 0 Å². The van der Waals surface area contributed by atoms with Gasteiger partial charge in [0.2, 0.25) is 0 Å². The minimum Gasteiger partial charge on any atom is -0.456 e. The van der Waals surface area contributed by atoms with Crippen LogP contribution in [0.5, 0.6) is 0 Å². The lowest BCUT2D eigenvalue weighted by molar-refractivity contribution is 0.668. The number of hydrogen-bond donors (Lipinski definition) is 0. The minimum absolute atomic E-state index is 0.859. The molecule has 52 heavy (non-hydrogen) atoms. The van der Waals surface area contributed by atoms with E-state index in [4.69, 9.17) is 13.3 Å². The number of furan rings is 3. The van der Waals surface area contributed by atoms with Gasteiger partial charge < -0.3 is 18.2 Å². The second kappa shape index (κ2) is 11.2. The average molecular weight is 668 g/mol. The quantitative estimate of drug-likeness (QED) is 0.183. The molecule has 0 aliphatic rings. The van der Waals surface area contributed by atoms with E-state index in [2.05, 4.69) is 150 Å². The van der Waals surface area contributed by atoms with Crippen LogP contribution in [-0.2, 0) is 0 Å². The van der Waals surface area contributed by atoms with E-state index < -0.39 is 0 Å². The Hall–Kier alpha value is -7.04. The van der Waals surface area contributed by atoms with Gasteiger partial charge in [-0.2, -0.15) is 0 Å². The zero-order valence-electron chi connectivity index (χ0n) is 27.9. The zero-order valence-corrected chi connectivity index (χ0v) is 27.9. The van der Waals surface area contributed by atoms with E-state index in [9.17, 15) is 0 Å². The minimum atomic E-state index is 0.859. The maximum absolute atomic E-state index is 6.58. The van der Waals surface area contributed by atoms with Crippen molar-refractivity contribution in [3.63, 3.8) is 0 Å². The molecule has 11 aromatic rings. The van der Waals surface area contributed by atoms with Crippen molar-refractivity contribution >= 4 is 82.9 Å². The second-order valence-corrected chi connectivity index (χ2v) is 13.3. The first-order chi connectivity index (χ1) is 25.7. The van der Waals surface area contributed by atoms with Gasteiger partial charge in [-0.1, -0.05) is 84.9 Å². The van der Waals surface area contributed by atoms with Crippen LogP contribution in [0.3, 0.4) is 0 Å². The Morgan fingerprint density at radius 3 is 1.60 bits per heavy atom. The highest BCUT2D eigenvalue weighted by molar-refractivity contribution is 6.14. The molecule has 3 aromatic heterocycles. The largest absolute Gasteiger partial charge is 0.456 e. The maximum Gasteiger partial charge on any atom is 0.136 e. The van der Waals surface area contributed by atoms with E-state index in [1.807, 2.05) is 30.3 Å². The van der Waals surface area contributed by atoms with Gasteiger partial charge in [0.05, 0.1) is 0 Å². The van der Waals surface area contributed by atoms with Crippen LogP contribution in [-0.4, -0.2) is 0 Å². The summed E-state index contributed by atoms with van der Waals surface area (Å²) in [6, 6.07) is 61.3. The van der Waals surface area contributed by atoms with Crippen molar-refractivity contribution in [3.8, 4) is 22.3 Å². The Morgan fingerprint density at radius 2 is 0.827 bits per heavy atom. The van der Waals surface area contributed by atoms with Crippen LogP contribution in [0.1, 0.15) is 0 Å². The SMILES string of the molecule is c1ccc(N(c2ccccc2)c2ccc3oc4ccc(-c5ccc6c(c5)oc5cc(-c7cccc8oc9ccccc9c78)ccc56)cc4c3c2)cc1. The standard InChI is InChI=1S/C48H29NO3/c1-3-10-33(11-4-1)49(34-12-5-2-6-13-34)35-21-25-44-41(29-35)40-26-30(20-24-43(40)50-44)31-18-22-37-38-23-19-32(28-47(38)52-46(37)27-31)36-15-9-17-45-48(36)39-14-7-8-16-42(39)51-45/h1-29H. The molecule has 0 saturated heterocycles. The number of para-hydroxylation sites is 3. The Bertz CT molecular complexity index is 3090. The highest BCUT2D eigenvalue weighted by Gasteiger charge is 2.17. The smallest absolute Gasteiger partial charge is 0.136 e. The molecule has 0 N–H and O–H groups in total. The number of rotatable bonds is 5. The monoisotopic (exact) mass is 667 g/mol. The molecule has 0 saturated carbocycles. The molecule has 0 fully saturated rings. The van der Waals surface area contributed by atoms with Crippen LogP contribution in [0.15, 0.2) is 189 Å². The molecule has 0 atom stereocenters. The summed E-state index contributed by atoms with van der Waals surface area (Å²) in [5.74, 6) is 0. The molecule has 0 radical (unpaired) electrons. The Balaban J connectivity index is 1.00. The van der Waals surface area contributed by atoms with Gasteiger partial charge in [-0.25, -0.2) is 0 Å². The molecule has 0 bridgehead atoms. The molecule has 3 heterocycles. The lowest BCUT2D eigenvalue weighted by atomic mass is 9.98. The average Bonchev–Trinajstić information content (AvgIpc) is 3.89. The first-order valence-corrected chi connectivity index (χ1v) is 17.5. The maximum atomic E-state index is 6.58. The number of anilines is 3. The number of hydrogen-bond acceptors (Lipinski definition) is 4. The highest BCUT2D eigenvalue weighted by Crippen LogP contribution is 2.42. The lowest BCUT2D eigenvalue weighted by Gasteiger charge is -2.25. The molecule has 11 rings (SSSR count). The van der Waals surface area contributed by atoms with Gasteiger partial charge >= 0.3 is 0 Å². The Kier molecular flexibility index (Phi) is 6.22. The van der Waals surface area contributed by atoms with Gasteiger partial charge in [-0.05, 0) is 113 Å². The summed E-state index contributed by atoms with van der Waals surface area (Å²) in [6.45, 7) is 0. The second-order valence-electron chi connectivity index (χ2n) is 13.3. The van der Waals surface area contributed by atoms with Crippen molar-refractivity contribution in [2.45, 2.75) is 0 Å². The zero-order chi connectivity index (χ0) is 34.2. The van der Waals surface area contributed by atoms with Crippen LogP contribution in [0.2, 0.25) is 0 Å². The van der Waals surface area contributed by atoms with Gasteiger partial charge in [0, 0.05) is 49.4 Å². The summed E-state index contributed by atoms with van der Waals surface area (Å²) in [7, 11) is 0. The number of nitrogens with zero attached hydrogens (tertiary/aromatic N) is 1. The molecule has 0 amide bonds. The fourth-order valence-electron chi connectivity index (χ4n) is 7.82. The van der Waals surface area contributed by atoms with Crippen molar-refractivity contribution in [2.75, 3.05) is 4.90 Å². The van der Waals surface area contributed by atoms with Crippen LogP contribution in [0.25, 0.3) is 88.1 Å². The predicted molar refractivity (Wildman–Crippen MR) is 214 cm³/mol. The van der Waals surface area contributed by atoms with Gasteiger partial charge in [-0.3, -0.25) is 0 Å². The summed E-state index contributed by atoms with van der Waals surface area (Å²) < 4.78 is 19.1. The topological polar surface area (TPSA) is 42.7 Å². The fraction of sp³-hybridized carbons (Fsp3) is 0. The Labute approximate surface area is 298 Å². The third kappa shape index (κ3) is 4.48. The molecular formula is C48H29NO3. The van der Waals surface area contributed by atoms with Crippen LogP contribution in [0, 0.1) is 0 Å². The lowest BCUT2D eigenvalue weighted by Crippen LogP contribution is -2.09. The number of benzene rings is 8. The van der Waals surface area contributed by atoms with Gasteiger partial charge in [0.25, 0.3) is 0 Å². The summed E-state index contributed by atoms with van der Waals surface area (Å²) in [6.07, 6.45) is 0. The highest BCUT2D eigenvalue weighted by atomic mass is 16.3. The summed E-state index contributed by atoms with van der Waals surface area (Å²) in [5, 5.41) is 6.58. The summed E-state index contributed by atoms with van der Waals surface area (Å²) in [5.41, 5.74) is 12.9. The van der Waals surface area contributed by atoms with E-state index in [0.717, 1.165) is 105 Å². The van der Waals surface area contributed by atoms with Crippen LogP contribution in [0.4, 0.5) is 17.1 Å². The molecule has 0 unspecified atom stereocenters. The molecule has 0 spiro atoms. The van der Waals surface area contributed by atoms with E-state index >= 15 is 0 Å². The van der Waals surface area contributed by atoms with Crippen molar-refractivity contribution in [3.05, 3.63) is 176 Å².